The molecule has 0 aliphatic carbocycles. The van der Waals surface area contributed by atoms with E-state index in [0.29, 0.717) is 27.9 Å². The van der Waals surface area contributed by atoms with Gasteiger partial charge in [-0.05, 0) is 36.8 Å². The van der Waals surface area contributed by atoms with Crippen LogP contribution in [0.1, 0.15) is 28.5 Å². The van der Waals surface area contributed by atoms with Gasteiger partial charge in [0.05, 0.1) is 23.4 Å². The SMILES string of the molecule is CC[C@H](Sc1ccc(Cl)cc1)C(=O)n1cc(C(=O)OC)c2ccccc21. The van der Waals surface area contributed by atoms with Crippen LogP contribution in [-0.2, 0) is 4.74 Å². The van der Waals surface area contributed by atoms with E-state index in [4.69, 9.17) is 16.3 Å². The number of benzene rings is 2. The minimum absolute atomic E-state index is 0.0706. The monoisotopic (exact) mass is 387 g/mol. The van der Waals surface area contributed by atoms with E-state index in [1.54, 1.807) is 10.8 Å². The molecule has 0 amide bonds. The van der Waals surface area contributed by atoms with Gasteiger partial charge in [0.15, 0.2) is 0 Å². The number of nitrogens with zero attached hydrogens (tertiary/aromatic N) is 1. The molecule has 1 heterocycles. The molecule has 1 atom stereocenters. The van der Waals surface area contributed by atoms with Gasteiger partial charge in [0.25, 0.3) is 0 Å². The Hall–Kier alpha value is -2.24. The summed E-state index contributed by atoms with van der Waals surface area (Å²) < 4.78 is 6.40. The van der Waals surface area contributed by atoms with Crippen molar-refractivity contribution >= 4 is 46.1 Å². The molecule has 0 unspecified atom stereocenters. The fraction of sp³-hybridized carbons (Fsp3) is 0.200. The molecule has 3 rings (SSSR count). The van der Waals surface area contributed by atoms with Gasteiger partial charge < -0.3 is 4.74 Å². The molecule has 0 N–H and O–H groups in total. The van der Waals surface area contributed by atoms with Crippen LogP contribution in [-0.4, -0.2) is 28.8 Å². The van der Waals surface area contributed by atoms with Crippen molar-refractivity contribution in [3.8, 4) is 0 Å². The van der Waals surface area contributed by atoms with Crippen LogP contribution in [0.5, 0.6) is 0 Å². The Morgan fingerprint density at radius 3 is 2.50 bits per heavy atom. The highest BCUT2D eigenvalue weighted by atomic mass is 35.5. The summed E-state index contributed by atoms with van der Waals surface area (Å²) >= 11 is 7.42. The summed E-state index contributed by atoms with van der Waals surface area (Å²) in [5.74, 6) is -0.523. The number of thioether (sulfide) groups is 1. The smallest absolute Gasteiger partial charge is 0.340 e. The van der Waals surface area contributed by atoms with E-state index < -0.39 is 5.97 Å². The van der Waals surface area contributed by atoms with Crippen molar-refractivity contribution < 1.29 is 14.3 Å². The van der Waals surface area contributed by atoms with Crippen molar-refractivity contribution in [2.75, 3.05) is 7.11 Å². The first kappa shape index (κ1) is 18.5. The van der Waals surface area contributed by atoms with Crippen LogP contribution in [0.4, 0.5) is 0 Å². The first-order chi connectivity index (χ1) is 12.5. The standard InChI is InChI=1S/C20H18ClNO3S/c1-3-18(26-14-10-8-13(21)9-11-14)19(23)22-12-16(20(24)25-2)15-6-4-5-7-17(15)22/h4-12,18H,3H2,1-2H3/t18-/m0/s1. The van der Waals surface area contributed by atoms with Gasteiger partial charge in [-0.15, -0.1) is 11.8 Å². The van der Waals surface area contributed by atoms with Crippen LogP contribution >= 0.6 is 23.4 Å². The molecule has 2 aromatic carbocycles. The zero-order chi connectivity index (χ0) is 18.7. The summed E-state index contributed by atoms with van der Waals surface area (Å²) in [5, 5.41) is 1.09. The molecule has 0 saturated carbocycles. The summed E-state index contributed by atoms with van der Waals surface area (Å²) in [5.41, 5.74) is 1.09. The summed E-state index contributed by atoms with van der Waals surface area (Å²) in [6.45, 7) is 1.97. The highest BCUT2D eigenvalue weighted by molar-refractivity contribution is 8.00. The third-order valence-corrected chi connectivity index (χ3v) is 5.71. The van der Waals surface area contributed by atoms with Gasteiger partial charge in [-0.3, -0.25) is 9.36 Å². The second-order valence-electron chi connectivity index (χ2n) is 5.73. The molecule has 0 aliphatic rings. The Morgan fingerprint density at radius 2 is 1.85 bits per heavy atom. The summed E-state index contributed by atoms with van der Waals surface area (Å²) in [6, 6.07) is 14.7. The topological polar surface area (TPSA) is 48.3 Å². The Kier molecular flexibility index (Phi) is 5.69. The Labute approximate surface area is 161 Å². The van der Waals surface area contributed by atoms with E-state index in [1.165, 1.54) is 18.9 Å². The summed E-state index contributed by atoms with van der Waals surface area (Å²) in [4.78, 5) is 26.2. The molecule has 26 heavy (non-hydrogen) atoms. The molecule has 0 spiro atoms. The molecule has 3 aromatic rings. The number of carbonyl (C=O) groups is 2. The zero-order valence-corrected chi connectivity index (χ0v) is 16.0. The largest absolute Gasteiger partial charge is 0.465 e. The minimum Gasteiger partial charge on any atom is -0.465 e. The van der Waals surface area contributed by atoms with Gasteiger partial charge in [0, 0.05) is 21.5 Å². The molecule has 0 radical (unpaired) electrons. The molecule has 0 saturated heterocycles. The number of aromatic nitrogens is 1. The zero-order valence-electron chi connectivity index (χ0n) is 14.4. The number of carbonyl (C=O) groups excluding carboxylic acids is 2. The molecule has 0 bridgehead atoms. The van der Waals surface area contributed by atoms with E-state index >= 15 is 0 Å². The number of esters is 1. The lowest BCUT2D eigenvalue weighted by atomic mass is 10.2. The van der Waals surface area contributed by atoms with Gasteiger partial charge in [-0.25, -0.2) is 4.79 Å². The Bertz CT molecular complexity index is 949. The molecule has 0 aliphatic heterocycles. The molecule has 1 aromatic heterocycles. The van der Waals surface area contributed by atoms with E-state index in [9.17, 15) is 9.59 Å². The van der Waals surface area contributed by atoms with Crippen LogP contribution in [0.25, 0.3) is 10.9 Å². The summed E-state index contributed by atoms with van der Waals surface area (Å²) in [7, 11) is 1.33. The van der Waals surface area contributed by atoms with E-state index in [-0.39, 0.29) is 11.2 Å². The van der Waals surface area contributed by atoms with Gasteiger partial charge in [-0.2, -0.15) is 0 Å². The normalized spacial score (nSPS) is 12.1. The fourth-order valence-electron chi connectivity index (χ4n) is 2.78. The first-order valence-corrected chi connectivity index (χ1v) is 9.45. The van der Waals surface area contributed by atoms with Crippen LogP contribution in [0, 0.1) is 0 Å². The predicted molar refractivity (Wildman–Crippen MR) is 105 cm³/mol. The van der Waals surface area contributed by atoms with Crippen LogP contribution < -0.4 is 0 Å². The van der Waals surface area contributed by atoms with Crippen molar-refractivity contribution in [3.63, 3.8) is 0 Å². The average Bonchev–Trinajstić information content (AvgIpc) is 3.06. The van der Waals surface area contributed by atoms with E-state index in [0.717, 1.165) is 4.90 Å². The maximum atomic E-state index is 13.1. The van der Waals surface area contributed by atoms with Gasteiger partial charge in [0.2, 0.25) is 5.91 Å². The quantitative estimate of drug-likeness (QED) is 0.440. The number of methoxy groups -OCH3 is 1. The van der Waals surface area contributed by atoms with E-state index in [1.807, 2.05) is 55.5 Å². The molecular weight excluding hydrogens is 370 g/mol. The number of ether oxygens (including phenoxy) is 1. The third-order valence-electron chi connectivity index (χ3n) is 4.09. The number of para-hydroxylation sites is 1. The lowest BCUT2D eigenvalue weighted by molar-refractivity contribution is 0.0603. The number of halogens is 1. The van der Waals surface area contributed by atoms with Gasteiger partial charge in [-0.1, -0.05) is 36.7 Å². The second kappa shape index (κ2) is 7.98. The number of hydrogen-bond donors (Lipinski definition) is 0. The molecule has 0 fully saturated rings. The minimum atomic E-state index is -0.453. The van der Waals surface area contributed by atoms with Crippen LogP contribution in [0.15, 0.2) is 59.6 Å². The highest BCUT2D eigenvalue weighted by Crippen LogP contribution is 2.30. The Balaban J connectivity index is 1.97. The lowest BCUT2D eigenvalue weighted by Crippen LogP contribution is -2.23. The Morgan fingerprint density at radius 1 is 1.15 bits per heavy atom. The van der Waals surface area contributed by atoms with Crippen molar-refractivity contribution in [3.05, 3.63) is 65.3 Å². The maximum absolute atomic E-state index is 13.1. The molecule has 4 nitrogen and oxygen atoms in total. The predicted octanol–water partition coefficient (Wildman–Crippen LogP) is 5.29. The molecule has 6 heteroatoms. The molecule has 134 valence electrons. The fourth-order valence-corrected chi connectivity index (χ4v) is 3.90. The maximum Gasteiger partial charge on any atom is 0.340 e. The van der Waals surface area contributed by atoms with Gasteiger partial charge >= 0.3 is 5.97 Å². The molecular formula is C20H18ClNO3S. The summed E-state index contributed by atoms with van der Waals surface area (Å²) in [6.07, 6.45) is 2.23. The van der Waals surface area contributed by atoms with Crippen LogP contribution in [0.2, 0.25) is 5.02 Å². The van der Waals surface area contributed by atoms with Crippen molar-refractivity contribution in [2.24, 2.45) is 0 Å². The average molecular weight is 388 g/mol. The highest BCUT2D eigenvalue weighted by Gasteiger charge is 2.24. The lowest BCUT2D eigenvalue weighted by Gasteiger charge is -2.15. The van der Waals surface area contributed by atoms with Crippen molar-refractivity contribution in [1.82, 2.24) is 4.57 Å². The third kappa shape index (κ3) is 3.64. The number of hydrogen-bond acceptors (Lipinski definition) is 4. The van der Waals surface area contributed by atoms with Crippen molar-refractivity contribution in [1.29, 1.82) is 0 Å². The van der Waals surface area contributed by atoms with E-state index in [2.05, 4.69) is 0 Å². The van der Waals surface area contributed by atoms with Crippen LogP contribution in [0.3, 0.4) is 0 Å². The number of rotatable bonds is 5. The van der Waals surface area contributed by atoms with Crippen molar-refractivity contribution in [2.45, 2.75) is 23.5 Å². The first-order valence-electron chi connectivity index (χ1n) is 8.20. The number of fused-ring (bicyclic) bond motifs is 1. The van der Waals surface area contributed by atoms with Gasteiger partial charge in [0.1, 0.15) is 0 Å². The second-order valence-corrected chi connectivity index (χ2v) is 7.44.